The van der Waals surface area contributed by atoms with E-state index in [0.29, 0.717) is 17.2 Å². The molecule has 2 N–H and O–H groups in total. The predicted molar refractivity (Wildman–Crippen MR) is 96.4 cm³/mol. The first-order valence-corrected chi connectivity index (χ1v) is 7.42. The van der Waals surface area contributed by atoms with Crippen LogP contribution in [0.1, 0.15) is 13.0 Å². The van der Waals surface area contributed by atoms with E-state index in [9.17, 15) is 4.39 Å². The fraction of sp³-hybridized carbons (Fsp3) is 0.278. The number of halogens is 1. The molecule has 6 heteroatoms. The molecule has 1 aliphatic heterocycles. The van der Waals surface area contributed by atoms with E-state index in [0.717, 1.165) is 24.5 Å². The summed E-state index contributed by atoms with van der Waals surface area (Å²) in [5.41, 5.74) is 5.31. The Hall–Kier alpha value is -2.76. The molecule has 0 saturated heterocycles. The van der Waals surface area contributed by atoms with Crippen LogP contribution in [-0.2, 0) is 0 Å². The van der Waals surface area contributed by atoms with Gasteiger partial charge in [0.2, 0.25) is 5.96 Å². The normalized spacial score (nSPS) is 12.7. The van der Waals surface area contributed by atoms with Crippen LogP contribution in [0.3, 0.4) is 0 Å². The van der Waals surface area contributed by atoms with Crippen molar-refractivity contribution < 1.29 is 9.13 Å². The first kappa shape index (κ1) is 17.6. The van der Waals surface area contributed by atoms with E-state index in [1.165, 1.54) is 6.07 Å². The monoisotopic (exact) mass is 330 g/mol. The predicted octanol–water partition coefficient (Wildman–Crippen LogP) is 3.38. The van der Waals surface area contributed by atoms with E-state index in [4.69, 9.17) is 4.74 Å². The second kappa shape index (κ2) is 7.68. The minimum Gasteiger partial charge on any atom is -0.497 e. The minimum absolute atomic E-state index is 0. The van der Waals surface area contributed by atoms with Crippen LogP contribution in [0.15, 0.2) is 47.5 Å². The number of aryl methyl sites for hydroxylation is 1. The number of methoxy groups -OCH3 is 1. The van der Waals surface area contributed by atoms with Gasteiger partial charge < -0.3 is 10.1 Å². The first-order chi connectivity index (χ1) is 11.2. The van der Waals surface area contributed by atoms with Crippen molar-refractivity contribution in [2.75, 3.05) is 25.2 Å². The van der Waals surface area contributed by atoms with Crippen LogP contribution in [-0.4, -0.2) is 26.2 Å². The topological polar surface area (TPSA) is 48.9 Å². The maximum Gasteiger partial charge on any atom is 0.210 e. The van der Waals surface area contributed by atoms with Crippen LogP contribution in [0, 0.1) is 12.7 Å². The van der Waals surface area contributed by atoms with Gasteiger partial charge in [0.1, 0.15) is 11.6 Å². The second-order valence-electron chi connectivity index (χ2n) is 5.24. The number of hydrogen-bond acceptors (Lipinski definition) is 5. The summed E-state index contributed by atoms with van der Waals surface area (Å²) in [6.07, 6.45) is 0. The highest BCUT2D eigenvalue weighted by molar-refractivity contribution is 5.85. The van der Waals surface area contributed by atoms with E-state index in [2.05, 4.69) is 15.7 Å². The van der Waals surface area contributed by atoms with Gasteiger partial charge in [0.15, 0.2) is 0 Å². The largest absolute Gasteiger partial charge is 0.497 e. The molecule has 5 nitrogen and oxygen atoms in total. The molecule has 2 aromatic carbocycles. The van der Waals surface area contributed by atoms with Crippen molar-refractivity contribution in [3.63, 3.8) is 0 Å². The number of hydrogen-bond donors (Lipinski definition) is 2. The molecule has 0 fully saturated rings. The van der Waals surface area contributed by atoms with Gasteiger partial charge >= 0.3 is 0 Å². The Balaban J connectivity index is 0.00000208. The number of benzene rings is 2. The van der Waals surface area contributed by atoms with E-state index < -0.39 is 0 Å². The van der Waals surface area contributed by atoms with Crippen LogP contribution in [0.5, 0.6) is 5.75 Å². The quantitative estimate of drug-likeness (QED) is 0.844. The molecule has 2 aromatic rings. The van der Waals surface area contributed by atoms with E-state index in [-0.39, 0.29) is 13.2 Å². The summed E-state index contributed by atoms with van der Waals surface area (Å²) in [6.45, 7) is 3.25. The van der Waals surface area contributed by atoms with Crippen molar-refractivity contribution in [2.24, 2.45) is 4.99 Å². The second-order valence-corrected chi connectivity index (χ2v) is 5.24. The number of hydrazine groups is 1. The minimum atomic E-state index is -0.251. The molecule has 3 rings (SSSR count). The highest BCUT2D eigenvalue weighted by atomic mass is 19.1. The number of ether oxygens (including phenoxy) is 1. The highest BCUT2D eigenvalue weighted by Crippen LogP contribution is 2.28. The fourth-order valence-corrected chi connectivity index (χ4v) is 2.33. The Bertz CT molecular complexity index is 733. The van der Waals surface area contributed by atoms with Gasteiger partial charge in [0.05, 0.1) is 25.0 Å². The van der Waals surface area contributed by atoms with Crippen molar-refractivity contribution in [2.45, 2.75) is 14.4 Å². The van der Waals surface area contributed by atoms with Crippen LogP contribution in [0.2, 0.25) is 0 Å². The summed E-state index contributed by atoms with van der Waals surface area (Å²) < 4.78 is 19.3. The molecule has 0 atom stereocenters. The Morgan fingerprint density at radius 1 is 1.21 bits per heavy atom. The molecule has 0 radical (unpaired) electrons. The third-order valence-corrected chi connectivity index (χ3v) is 3.62. The molecule has 0 unspecified atom stereocenters. The lowest BCUT2D eigenvalue weighted by Crippen LogP contribution is -2.44. The molecule has 128 valence electrons. The van der Waals surface area contributed by atoms with Gasteiger partial charge in [-0.3, -0.25) is 15.4 Å². The van der Waals surface area contributed by atoms with Crippen molar-refractivity contribution in [3.8, 4) is 5.75 Å². The third kappa shape index (κ3) is 3.76. The van der Waals surface area contributed by atoms with Crippen molar-refractivity contribution in [3.05, 3.63) is 53.8 Å². The highest BCUT2D eigenvalue weighted by Gasteiger charge is 2.15. The van der Waals surface area contributed by atoms with Gasteiger partial charge in [-0.05, 0) is 36.8 Å². The lowest BCUT2D eigenvalue weighted by Gasteiger charge is -2.27. The molecule has 24 heavy (non-hydrogen) atoms. The average molecular weight is 330 g/mol. The number of anilines is 2. The Labute approximate surface area is 142 Å². The summed E-state index contributed by atoms with van der Waals surface area (Å²) in [6, 6.07) is 12.7. The zero-order valence-corrected chi connectivity index (χ0v) is 13.1. The number of rotatable bonds is 4. The third-order valence-electron chi connectivity index (χ3n) is 3.62. The van der Waals surface area contributed by atoms with Gasteiger partial charge in [0, 0.05) is 12.6 Å². The molecular formula is C18H23FN4O. The molecule has 1 aliphatic rings. The zero-order chi connectivity index (χ0) is 16.2. The van der Waals surface area contributed by atoms with E-state index in [1.54, 1.807) is 25.1 Å². The molecule has 0 spiro atoms. The van der Waals surface area contributed by atoms with Gasteiger partial charge in [-0.2, -0.15) is 0 Å². The fourth-order valence-electron chi connectivity index (χ4n) is 2.33. The Kier molecular flexibility index (Phi) is 5.63. The smallest absolute Gasteiger partial charge is 0.210 e. The van der Waals surface area contributed by atoms with Crippen LogP contribution in [0.4, 0.5) is 15.8 Å². The lowest BCUT2D eigenvalue weighted by atomic mass is 10.2. The molecule has 1 heterocycles. The van der Waals surface area contributed by atoms with Gasteiger partial charge in [0.25, 0.3) is 0 Å². The number of nitrogens with one attached hydrogen (secondary N) is 2. The maximum absolute atomic E-state index is 14.0. The van der Waals surface area contributed by atoms with Crippen LogP contribution >= 0.6 is 0 Å². The lowest BCUT2D eigenvalue weighted by molar-refractivity contribution is 0.415. The Morgan fingerprint density at radius 2 is 2.00 bits per heavy atom. The number of guanidine groups is 1. The van der Waals surface area contributed by atoms with E-state index >= 15 is 0 Å². The van der Waals surface area contributed by atoms with Gasteiger partial charge in [-0.1, -0.05) is 19.6 Å². The summed E-state index contributed by atoms with van der Waals surface area (Å²) in [7, 11) is 1.62. The van der Waals surface area contributed by atoms with Crippen molar-refractivity contribution in [1.82, 2.24) is 10.7 Å². The molecule has 0 aliphatic carbocycles. The average Bonchev–Trinajstić information content (AvgIpc) is 3.08. The van der Waals surface area contributed by atoms with Crippen molar-refractivity contribution in [1.29, 1.82) is 0 Å². The van der Waals surface area contributed by atoms with E-state index in [1.807, 2.05) is 30.3 Å². The Morgan fingerprint density at radius 3 is 2.67 bits per heavy atom. The van der Waals surface area contributed by atoms with Gasteiger partial charge in [-0.25, -0.2) is 4.39 Å². The molecule has 0 bridgehead atoms. The number of nitrogens with zero attached hydrogens (tertiary/aromatic N) is 2. The maximum atomic E-state index is 14.0. The zero-order valence-electron chi connectivity index (χ0n) is 13.1. The van der Waals surface area contributed by atoms with Crippen molar-refractivity contribution >= 4 is 17.3 Å². The first-order valence-electron chi connectivity index (χ1n) is 7.42. The SMILES string of the molecule is C.COc1cccc(N(NC2=NCCN2)c2ccc(C)c(F)c2)c1. The summed E-state index contributed by atoms with van der Waals surface area (Å²) >= 11 is 0. The summed E-state index contributed by atoms with van der Waals surface area (Å²) in [4.78, 5) is 4.34. The molecule has 0 saturated carbocycles. The van der Waals surface area contributed by atoms with Crippen LogP contribution < -0.4 is 20.5 Å². The molecule has 0 amide bonds. The van der Waals surface area contributed by atoms with Gasteiger partial charge in [-0.15, -0.1) is 0 Å². The molecule has 0 aromatic heterocycles. The summed E-state index contributed by atoms with van der Waals surface area (Å²) in [5, 5.41) is 4.93. The van der Waals surface area contributed by atoms with Crippen LogP contribution in [0.25, 0.3) is 0 Å². The number of aliphatic imine (C=N–C) groups is 1. The summed E-state index contributed by atoms with van der Waals surface area (Å²) in [5.74, 6) is 1.13. The standard InChI is InChI=1S/C17H19FN4O.CH4/c1-12-6-7-14(11-16(12)18)22(21-17-19-8-9-20-17)13-4-3-5-15(10-13)23-2;/h3-7,10-11H,8-9H2,1-2H3,(H2,19,20,21);1H4. The molecular weight excluding hydrogens is 307 g/mol.